The van der Waals surface area contributed by atoms with Gasteiger partial charge in [0.1, 0.15) is 5.60 Å². The van der Waals surface area contributed by atoms with Gasteiger partial charge in [-0.05, 0) is 32.8 Å². The van der Waals surface area contributed by atoms with Crippen molar-refractivity contribution < 1.29 is 14.6 Å². The first-order valence-corrected chi connectivity index (χ1v) is 6.07. The van der Waals surface area contributed by atoms with Gasteiger partial charge in [-0.1, -0.05) is 30.3 Å². The van der Waals surface area contributed by atoms with Gasteiger partial charge in [0.2, 0.25) is 0 Å². The van der Waals surface area contributed by atoms with Crippen molar-refractivity contribution in [3.05, 3.63) is 35.9 Å². The second-order valence-electron chi connectivity index (χ2n) is 5.12. The Morgan fingerprint density at radius 3 is 2.44 bits per heavy atom. The summed E-state index contributed by atoms with van der Waals surface area (Å²) in [5.41, 5.74) is 0.433. The SMILES string of the molecule is CC(C)(C)OC(=O)N[C@@H](CCO)c1ccccc1. The first-order chi connectivity index (χ1) is 8.42. The third kappa shape index (κ3) is 5.19. The van der Waals surface area contributed by atoms with Crippen LogP contribution >= 0.6 is 0 Å². The molecule has 0 radical (unpaired) electrons. The van der Waals surface area contributed by atoms with Crippen LogP contribution in [0.25, 0.3) is 0 Å². The van der Waals surface area contributed by atoms with E-state index in [1.54, 1.807) is 0 Å². The van der Waals surface area contributed by atoms with Crippen LogP contribution in [0.1, 0.15) is 38.8 Å². The van der Waals surface area contributed by atoms with Crippen molar-refractivity contribution in [2.24, 2.45) is 0 Å². The molecule has 2 N–H and O–H groups in total. The summed E-state index contributed by atoms with van der Waals surface area (Å²) in [6.07, 6.45) is -0.00621. The van der Waals surface area contributed by atoms with Crippen molar-refractivity contribution in [2.75, 3.05) is 6.61 Å². The maximum Gasteiger partial charge on any atom is 0.408 e. The molecule has 4 nitrogen and oxygen atoms in total. The quantitative estimate of drug-likeness (QED) is 0.864. The van der Waals surface area contributed by atoms with E-state index in [1.165, 1.54) is 0 Å². The average Bonchev–Trinajstić information content (AvgIpc) is 2.27. The first-order valence-electron chi connectivity index (χ1n) is 6.07. The lowest BCUT2D eigenvalue weighted by Crippen LogP contribution is -2.35. The molecule has 0 unspecified atom stereocenters. The molecule has 1 aromatic carbocycles. The van der Waals surface area contributed by atoms with Gasteiger partial charge in [-0.2, -0.15) is 0 Å². The van der Waals surface area contributed by atoms with Crippen LogP contribution in [0.5, 0.6) is 0 Å². The van der Waals surface area contributed by atoms with Gasteiger partial charge in [-0.25, -0.2) is 4.79 Å². The van der Waals surface area contributed by atoms with Crippen LogP contribution in [0.4, 0.5) is 4.79 Å². The number of nitrogens with one attached hydrogen (secondary N) is 1. The van der Waals surface area contributed by atoms with Crippen molar-refractivity contribution in [1.29, 1.82) is 0 Å². The molecular weight excluding hydrogens is 230 g/mol. The number of alkyl carbamates (subject to hydrolysis) is 1. The highest BCUT2D eigenvalue weighted by Gasteiger charge is 2.20. The number of carbonyl (C=O) groups excluding carboxylic acids is 1. The Morgan fingerprint density at radius 2 is 1.94 bits per heavy atom. The van der Waals surface area contributed by atoms with Gasteiger partial charge in [0.25, 0.3) is 0 Å². The van der Waals surface area contributed by atoms with Gasteiger partial charge >= 0.3 is 6.09 Å². The summed E-state index contributed by atoms with van der Waals surface area (Å²) >= 11 is 0. The highest BCUT2D eigenvalue weighted by molar-refractivity contribution is 5.68. The summed E-state index contributed by atoms with van der Waals surface area (Å²) < 4.78 is 5.20. The van der Waals surface area contributed by atoms with Crippen LogP contribution in [0.2, 0.25) is 0 Å². The molecule has 1 rings (SSSR count). The largest absolute Gasteiger partial charge is 0.444 e. The summed E-state index contributed by atoms with van der Waals surface area (Å²) in [6.45, 7) is 5.46. The fraction of sp³-hybridized carbons (Fsp3) is 0.500. The molecule has 1 aromatic rings. The molecule has 4 heteroatoms. The van der Waals surface area contributed by atoms with Crippen LogP contribution in [0.15, 0.2) is 30.3 Å². The molecule has 1 atom stereocenters. The van der Waals surface area contributed by atoms with Crippen LogP contribution in [0, 0.1) is 0 Å². The zero-order valence-electron chi connectivity index (χ0n) is 11.1. The number of aliphatic hydroxyl groups is 1. The van der Waals surface area contributed by atoms with E-state index in [-0.39, 0.29) is 12.6 Å². The third-order valence-electron chi connectivity index (χ3n) is 2.31. The van der Waals surface area contributed by atoms with Crippen molar-refractivity contribution in [3.8, 4) is 0 Å². The average molecular weight is 251 g/mol. The Kier molecular flexibility index (Phi) is 5.16. The third-order valence-corrected chi connectivity index (χ3v) is 2.31. The van der Waals surface area contributed by atoms with Gasteiger partial charge in [0, 0.05) is 6.61 Å². The van der Waals surface area contributed by atoms with E-state index in [1.807, 2.05) is 51.1 Å². The number of rotatable bonds is 4. The molecule has 1 amide bonds. The van der Waals surface area contributed by atoms with E-state index in [2.05, 4.69) is 5.32 Å². The van der Waals surface area contributed by atoms with Crippen molar-refractivity contribution in [3.63, 3.8) is 0 Å². The lowest BCUT2D eigenvalue weighted by Gasteiger charge is -2.23. The summed E-state index contributed by atoms with van der Waals surface area (Å²) in [4.78, 5) is 11.7. The highest BCUT2D eigenvalue weighted by atomic mass is 16.6. The molecule has 0 aliphatic carbocycles. The summed E-state index contributed by atoms with van der Waals surface area (Å²) in [6, 6.07) is 9.31. The molecule has 0 saturated carbocycles. The standard InChI is InChI=1S/C14H21NO3/c1-14(2,3)18-13(17)15-12(9-10-16)11-7-5-4-6-8-11/h4-8,12,16H,9-10H2,1-3H3,(H,15,17)/t12-/m0/s1. The maximum absolute atomic E-state index is 11.7. The summed E-state index contributed by atoms with van der Waals surface area (Å²) in [7, 11) is 0. The minimum atomic E-state index is -0.523. The normalized spacial score (nSPS) is 12.9. The summed E-state index contributed by atoms with van der Waals surface area (Å²) in [5, 5.41) is 11.8. The maximum atomic E-state index is 11.7. The number of ether oxygens (including phenoxy) is 1. The Hall–Kier alpha value is -1.55. The Labute approximate surface area is 108 Å². The molecule has 0 aliphatic heterocycles. The number of benzene rings is 1. The van der Waals surface area contributed by atoms with E-state index in [0.29, 0.717) is 6.42 Å². The fourth-order valence-corrected chi connectivity index (χ4v) is 1.59. The van der Waals surface area contributed by atoms with E-state index in [0.717, 1.165) is 5.56 Å². The number of hydrogen-bond donors (Lipinski definition) is 2. The minimum Gasteiger partial charge on any atom is -0.444 e. The van der Waals surface area contributed by atoms with Crippen molar-refractivity contribution in [2.45, 2.75) is 38.8 Å². The molecule has 100 valence electrons. The van der Waals surface area contributed by atoms with Gasteiger partial charge in [0.05, 0.1) is 6.04 Å². The number of hydrogen-bond acceptors (Lipinski definition) is 3. The van der Waals surface area contributed by atoms with Crippen molar-refractivity contribution in [1.82, 2.24) is 5.32 Å². The smallest absolute Gasteiger partial charge is 0.408 e. The number of aliphatic hydroxyl groups excluding tert-OH is 1. The number of amides is 1. The van der Waals surface area contributed by atoms with E-state index < -0.39 is 11.7 Å². The molecule has 0 bridgehead atoms. The van der Waals surface area contributed by atoms with E-state index in [4.69, 9.17) is 9.84 Å². The van der Waals surface area contributed by atoms with Crippen LogP contribution in [-0.4, -0.2) is 23.4 Å². The second kappa shape index (κ2) is 6.40. The first kappa shape index (κ1) is 14.5. The molecular formula is C14H21NO3. The lowest BCUT2D eigenvalue weighted by atomic mass is 10.0. The minimum absolute atomic E-state index is 0.00928. The topological polar surface area (TPSA) is 58.6 Å². The van der Waals surface area contributed by atoms with Crippen LogP contribution in [0.3, 0.4) is 0 Å². The zero-order chi connectivity index (χ0) is 13.6. The number of carbonyl (C=O) groups is 1. The highest BCUT2D eigenvalue weighted by Crippen LogP contribution is 2.17. The monoisotopic (exact) mass is 251 g/mol. The Balaban J connectivity index is 2.67. The molecule has 0 fully saturated rings. The van der Waals surface area contributed by atoms with Gasteiger partial charge in [-0.15, -0.1) is 0 Å². The van der Waals surface area contributed by atoms with Gasteiger partial charge in [-0.3, -0.25) is 0 Å². The van der Waals surface area contributed by atoms with E-state index >= 15 is 0 Å². The Bertz CT molecular complexity index is 370. The molecule has 18 heavy (non-hydrogen) atoms. The second-order valence-corrected chi connectivity index (χ2v) is 5.12. The van der Waals surface area contributed by atoms with Gasteiger partial charge in [0.15, 0.2) is 0 Å². The van der Waals surface area contributed by atoms with Crippen LogP contribution < -0.4 is 5.32 Å². The molecule has 0 saturated heterocycles. The molecule has 0 spiro atoms. The molecule has 0 heterocycles. The Morgan fingerprint density at radius 1 is 1.33 bits per heavy atom. The van der Waals surface area contributed by atoms with E-state index in [9.17, 15) is 4.79 Å². The fourth-order valence-electron chi connectivity index (χ4n) is 1.59. The molecule has 0 aromatic heterocycles. The van der Waals surface area contributed by atoms with Crippen molar-refractivity contribution >= 4 is 6.09 Å². The van der Waals surface area contributed by atoms with Crippen LogP contribution in [-0.2, 0) is 4.74 Å². The lowest BCUT2D eigenvalue weighted by molar-refractivity contribution is 0.0496. The predicted molar refractivity (Wildman–Crippen MR) is 70.3 cm³/mol. The summed E-state index contributed by atoms with van der Waals surface area (Å²) in [5.74, 6) is 0. The zero-order valence-corrected chi connectivity index (χ0v) is 11.1. The van der Waals surface area contributed by atoms with Gasteiger partial charge < -0.3 is 15.2 Å². The molecule has 0 aliphatic rings. The predicted octanol–water partition coefficient (Wildman–Crippen LogP) is 2.63.